The number of hydrogen-bond donors (Lipinski definition) is 2. The predicted molar refractivity (Wildman–Crippen MR) is 147 cm³/mol. The molecular formula is C27H20ClF2N7O4. The highest BCUT2D eigenvalue weighted by Crippen LogP contribution is 2.30. The summed E-state index contributed by atoms with van der Waals surface area (Å²) in [4.78, 5) is 21.4. The van der Waals surface area contributed by atoms with Crippen LogP contribution in [0.1, 0.15) is 27.0 Å². The van der Waals surface area contributed by atoms with Crippen molar-refractivity contribution >= 4 is 52.4 Å². The summed E-state index contributed by atoms with van der Waals surface area (Å²) in [7, 11) is 1.37. The molecule has 208 valence electrons. The number of anilines is 3. The summed E-state index contributed by atoms with van der Waals surface area (Å²) in [6, 6.07) is 11.8. The molecule has 2 heterocycles. The molecule has 11 nitrogen and oxygen atoms in total. The maximum Gasteiger partial charge on any atom is 0.345 e. The lowest BCUT2D eigenvalue weighted by Crippen LogP contribution is -2.11. The van der Waals surface area contributed by atoms with Crippen molar-refractivity contribution in [2.45, 2.75) is 13.8 Å². The zero-order valence-corrected chi connectivity index (χ0v) is 22.5. The lowest BCUT2D eigenvalue weighted by Gasteiger charge is -2.13. The van der Waals surface area contributed by atoms with Gasteiger partial charge >= 0.3 is 5.97 Å². The molecule has 0 aliphatic heterocycles. The number of nitrogens with zero attached hydrogens (tertiary/aromatic N) is 5. The normalized spacial score (nSPS) is 11.2. The van der Waals surface area contributed by atoms with Gasteiger partial charge in [0.05, 0.1) is 23.9 Å². The number of methoxy groups -OCH3 is 1. The van der Waals surface area contributed by atoms with Crippen LogP contribution in [0.25, 0.3) is 11.3 Å². The molecule has 0 amide bonds. The molecule has 5 aromatic rings. The summed E-state index contributed by atoms with van der Waals surface area (Å²) in [6.07, 6.45) is 1.47. The van der Waals surface area contributed by atoms with Crippen molar-refractivity contribution in [1.82, 2.24) is 20.3 Å². The van der Waals surface area contributed by atoms with E-state index in [4.69, 9.17) is 25.7 Å². The van der Waals surface area contributed by atoms with Gasteiger partial charge in [-0.05, 0) is 77.2 Å². The van der Waals surface area contributed by atoms with Crippen LogP contribution in [0.5, 0.6) is 11.5 Å². The molecule has 0 bridgehead atoms. The van der Waals surface area contributed by atoms with Gasteiger partial charge in [-0.2, -0.15) is 10.1 Å². The van der Waals surface area contributed by atoms with Crippen molar-refractivity contribution in [1.29, 1.82) is 0 Å². The van der Waals surface area contributed by atoms with Crippen LogP contribution < -0.4 is 20.2 Å². The van der Waals surface area contributed by atoms with Crippen molar-refractivity contribution in [3.8, 4) is 11.5 Å². The van der Waals surface area contributed by atoms with Gasteiger partial charge in [0, 0.05) is 5.69 Å². The standard InChI is InChI=1S/C27H20ClF2N7O4/c1-13-5-4-6-20(14(13)2)32-23-24(34-26-25(33-23)36-41-37-26)35-31-12-15-7-8-21(22(9-15)39-3)40-27(38)16-10-18(29)19(30)11-17(16)28/h4-12H,1-3H3,(H,32,33,36)(H,34,35,37)/b31-12-. The quantitative estimate of drug-likeness (QED) is 0.0742. The van der Waals surface area contributed by atoms with Crippen LogP contribution in [-0.4, -0.2) is 39.6 Å². The summed E-state index contributed by atoms with van der Waals surface area (Å²) >= 11 is 5.88. The average molecular weight is 580 g/mol. The monoisotopic (exact) mass is 579 g/mol. The summed E-state index contributed by atoms with van der Waals surface area (Å²) in [5, 5.41) is 14.7. The van der Waals surface area contributed by atoms with E-state index in [2.05, 4.69) is 36.1 Å². The lowest BCUT2D eigenvalue weighted by atomic mass is 10.1. The first-order chi connectivity index (χ1) is 19.7. The van der Waals surface area contributed by atoms with E-state index in [1.807, 2.05) is 32.0 Å². The first kappa shape index (κ1) is 27.4. The third-order valence-corrected chi connectivity index (χ3v) is 6.29. The second-order valence-electron chi connectivity index (χ2n) is 8.62. The fraction of sp³-hybridized carbons (Fsp3) is 0.111. The van der Waals surface area contributed by atoms with Crippen LogP contribution >= 0.6 is 11.6 Å². The molecule has 0 fully saturated rings. The number of hydrogen-bond acceptors (Lipinski definition) is 11. The molecule has 3 aromatic carbocycles. The van der Waals surface area contributed by atoms with Crippen molar-refractivity contribution in [3.63, 3.8) is 0 Å². The average Bonchev–Trinajstić information content (AvgIpc) is 3.41. The summed E-state index contributed by atoms with van der Waals surface area (Å²) in [5.41, 5.74) is 6.40. The molecule has 0 radical (unpaired) electrons. The van der Waals surface area contributed by atoms with Gasteiger partial charge in [0.15, 0.2) is 34.8 Å². The number of esters is 1. The number of nitrogens with one attached hydrogen (secondary N) is 2. The van der Waals surface area contributed by atoms with Gasteiger partial charge in [-0.3, -0.25) is 5.43 Å². The molecule has 0 unspecified atom stereocenters. The molecule has 14 heteroatoms. The minimum absolute atomic E-state index is 0.0262. The molecule has 2 aromatic heterocycles. The molecular weight excluding hydrogens is 560 g/mol. The fourth-order valence-electron chi connectivity index (χ4n) is 3.67. The molecule has 0 atom stereocenters. The Morgan fingerprint density at radius 1 is 1.00 bits per heavy atom. The topological polar surface area (TPSA) is 137 Å². The number of aryl methyl sites for hydroxylation is 1. The number of hydrazone groups is 1. The van der Waals surface area contributed by atoms with E-state index in [9.17, 15) is 13.6 Å². The van der Waals surface area contributed by atoms with E-state index in [0.29, 0.717) is 23.5 Å². The van der Waals surface area contributed by atoms with Gasteiger partial charge in [0.2, 0.25) is 11.3 Å². The third-order valence-electron chi connectivity index (χ3n) is 5.98. The van der Waals surface area contributed by atoms with Crippen LogP contribution in [-0.2, 0) is 0 Å². The second kappa shape index (κ2) is 11.5. The second-order valence-corrected chi connectivity index (χ2v) is 9.03. The Labute approximate surface area is 236 Å². The lowest BCUT2D eigenvalue weighted by molar-refractivity contribution is 0.0729. The first-order valence-corrected chi connectivity index (χ1v) is 12.3. The van der Waals surface area contributed by atoms with Gasteiger partial charge in [-0.1, -0.05) is 23.7 Å². The van der Waals surface area contributed by atoms with Crippen LogP contribution in [0, 0.1) is 25.5 Å². The van der Waals surface area contributed by atoms with E-state index in [0.717, 1.165) is 16.8 Å². The molecule has 2 N–H and O–H groups in total. The third kappa shape index (κ3) is 5.89. The number of aromatic nitrogens is 4. The van der Waals surface area contributed by atoms with Gasteiger partial charge < -0.3 is 14.8 Å². The van der Waals surface area contributed by atoms with Gasteiger partial charge in [0.25, 0.3) is 0 Å². The largest absolute Gasteiger partial charge is 0.493 e. The Kier molecular flexibility index (Phi) is 7.70. The van der Waals surface area contributed by atoms with Gasteiger partial charge in [0.1, 0.15) is 0 Å². The molecule has 0 saturated heterocycles. The molecule has 0 aliphatic carbocycles. The first-order valence-electron chi connectivity index (χ1n) is 11.9. The maximum absolute atomic E-state index is 13.6. The number of rotatable bonds is 8. The number of carbonyl (C=O) groups is 1. The van der Waals surface area contributed by atoms with Crippen LogP contribution in [0.4, 0.5) is 26.1 Å². The van der Waals surface area contributed by atoms with Crippen molar-refractivity contribution < 1.29 is 27.7 Å². The smallest absolute Gasteiger partial charge is 0.345 e. The minimum atomic E-state index is -1.23. The number of ether oxygens (including phenoxy) is 2. The Balaban J connectivity index is 1.35. The predicted octanol–water partition coefficient (Wildman–Crippen LogP) is 5.98. The zero-order valence-electron chi connectivity index (χ0n) is 21.7. The molecule has 0 saturated carbocycles. The SMILES string of the molecule is COc1cc(/C=N\Nc2nc3nonc3nc2Nc2cccc(C)c2C)ccc1OC(=O)c1cc(F)c(F)cc1Cl. The number of fused-ring (bicyclic) bond motifs is 1. The van der Waals surface area contributed by atoms with Crippen molar-refractivity contribution in [2.75, 3.05) is 17.9 Å². The van der Waals surface area contributed by atoms with Gasteiger partial charge in [-0.15, -0.1) is 0 Å². The summed E-state index contributed by atoms with van der Waals surface area (Å²) in [6.45, 7) is 3.98. The number of carbonyl (C=O) groups excluding carboxylic acids is 1. The van der Waals surface area contributed by atoms with E-state index in [1.165, 1.54) is 19.4 Å². The number of benzene rings is 3. The highest BCUT2D eigenvalue weighted by Gasteiger charge is 2.19. The highest BCUT2D eigenvalue weighted by atomic mass is 35.5. The van der Waals surface area contributed by atoms with E-state index in [1.54, 1.807) is 12.1 Å². The minimum Gasteiger partial charge on any atom is -0.493 e. The van der Waals surface area contributed by atoms with E-state index < -0.39 is 17.6 Å². The van der Waals surface area contributed by atoms with Crippen LogP contribution in [0.15, 0.2) is 58.3 Å². The fourth-order valence-corrected chi connectivity index (χ4v) is 3.90. The van der Waals surface area contributed by atoms with Crippen molar-refractivity contribution in [2.24, 2.45) is 5.10 Å². The Hall–Kier alpha value is -5.17. The molecule has 0 spiro atoms. The Bertz CT molecular complexity index is 1810. The van der Waals surface area contributed by atoms with Crippen LogP contribution in [0.3, 0.4) is 0 Å². The summed E-state index contributed by atoms with van der Waals surface area (Å²) < 4.78 is 42.3. The Morgan fingerprint density at radius 3 is 2.49 bits per heavy atom. The number of halogens is 3. The highest BCUT2D eigenvalue weighted by molar-refractivity contribution is 6.33. The zero-order chi connectivity index (χ0) is 29.1. The maximum atomic E-state index is 13.6. The van der Waals surface area contributed by atoms with Crippen LogP contribution in [0.2, 0.25) is 5.02 Å². The Morgan fingerprint density at radius 2 is 1.73 bits per heavy atom. The van der Waals surface area contributed by atoms with Crippen molar-refractivity contribution in [3.05, 3.63) is 87.4 Å². The molecule has 41 heavy (non-hydrogen) atoms. The van der Waals surface area contributed by atoms with E-state index >= 15 is 0 Å². The summed E-state index contributed by atoms with van der Waals surface area (Å²) in [5.74, 6) is -2.61. The van der Waals surface area contributed by atoms with E-state index in [-0.39, 0.29) is 39.2 Å². The molecule has 5 rings (SSSR count). The molecule has 0 aliphatic rings. The van der Waals surface area contributed by atoms with Gasteiger partial charge in [-0.25, -0.2) is 23.2 Å².